The van der Waals surface area contributed by atoms with Gasteiger partial charge >= 0.3 is 0 Å². The summed E-state index contributed by atoms with van der Waals surface area (Å²) in [5.41, 5.74) is 11.0. The van der Waals surface area contributed by atoms with Crippen LogP contribution in [0.2, 0.25) is 0 Å². The van der Waals surface area contributed by atoms with Crippen molar-refractivity contribution in [2.45, 2.75) is 337 Å². The molecule has 2 aromatic rings. The largest absolute Gasteiger partial charge is 0.494 e. The summed E-state index contributed by atoms with van der Waals surface area (Å²) in [5, 5.41) is 135. The van der Waals surface area contributed by atoms with Gasteiger partial charge in [-0.05, 0) is 256 Å². The van der Waals surface area contributed by atoms with Crippen LogP contribution in [0, 0.1) is 76.9 Å². The first-order chi connectivity index (χ1) is 62.8. The summed E-state index contributed by atoms with van der Waals surface area (Å²) in [6.45, 7) is 8.83. The zero-order valence-electron chi connectivity index (χ0n) is 76.0. The third kappa shape index (κ3) is 23.0. The maximum absolute atomic E-state index is 16.8. The Balaban J connectivity index is 0.867. The van der Waals surface area contributed by atoms with Gasteiger partial charge in [0.15, 0.2) is 17.8 Å². The first-order valence-electron chi connectivity index (χ1n) is 47.9. The Hall–Kier alpha value is -6.67. The van der Waals surface area contributed by atoms with Gasteiger partial charge in [0.2, 0.25) is 63.0 Å². The van der Waals surface area contributed by atoms with Crippen molar-refractivity contribution in [2.24, 2.45) is 88.4 Å². The molecule has 8 amide bonds. The second kappa shape index (κ2) is 43.6. The van der Waals surface area contributed by atoms with E-state index in [-0.39, 0.29) is 161 Å². The summed E-state index contributed by atoms with van der Waals surface area (Å²) < 4.78 is 69.8. The minimum Gasteiger partial charge on any atom is -0.494 e. The van der Waals surface area contributed by atoms with E-state index >= 15 is 28.8 Å². The first kappa shape index (κ1) is 101. The molecule has 2 saturated heterocycles. The number of hydrogen-bond acceptors (Lipinski definition) is 28. The lowest BCUT2D eigenvalue weighted by Gasteiger charge is -2.55. The van der Waals surface area contributed by atoms with Gasteiger partial charge < -0.3 is 134 Å². The van der Waals surface area contributed by atoms with Crippen LogP contribution in [0.15, 0.2) is 41.3 Å². The minimum atomic E-state index is -3.98. The molecule has 132 heavy (non-hydrogen) atoms. The Morgan fingerprint density at radius 1 is 0.667 bits per heavy atom. The number of likely N-dealkylation sites (N-methyl/N-ethyl adjacent to an activating group) is 1. The standard InChI is InChI=1S/C92H140Cl2N12O25S/c1-7-8-9-23-126-52-14-16-53(17-15-52)132(124,125)99-22-10-21-98-39-56-62(109)36-55-70(80(56)114)54-30-45(11-18-61(54)108)72-87(119)106-76(91(123)104-74(55)89(121)101-71-48-26-43-25-44(28-48)29-49(71)27-43)78(112)47-13-20-64(58(94)32-47)129-66-34-50-33-65(82(66)130-67-35-51(40-107)79(113)81(115)83(67)131-69-38-92(5,96)84(116)42(4)127-69)128-63-19-12-46(31-57(63)93)77(111)75(105-85(117)59(97-6)24-41(2)3)90(122)100-60(37-68(95)110)86(118)102-73(50)88(120)103-72/h14-17,33-34,41-49,51,54-64,67,69-81,83-84,97-99,107-109,111-116H,7-13,18-32,35-40,96H2,1-6H3,(H2,95,110)(H,100,122)(H,101,121)(H,102,118)(H,103,120)(H,104,123)(H,105,117)(H,106,119)/t42-,43?,44?,45-,46-,47-,48?,49?,51+,54?,55?,56?,57+,58?,59+,60-,61+,62?,63+,64+,67+,69-,70?,71?,72+,73+,74-,75+,76-,77+,78+,79+,80-,81-,83-,84+,92-/m0/s1. The van der Waals surface area contributed by atoms with E-state index in [2.05, 4.69) is 59.5 Å². The molecule has 15 bridgehead atoms. The van der Waals surface area contributed by atoms with Crippen LogP contribution in [-0.4, -0.2) is 286 Å². The number of carbonyl (C=O) groups is 8. The number of benzene rings is 2. The second-order valence-electron chi connectivity index (χ2n) is 40.7. The van der Waals surface area contributed by atoms with E-state index in [1.165, 1.54) is 31.3 Å². The van der Waals surface area contributed by atoms with Crippen LogP contribution < -0.4 is 83.0 Å². The predicted octanol–water partition coefficient (Wildman–Crippen LogP) is 0.149. The van der Waals surface area contributed by atoms with Crippen molar-refractivity contribution in [1.82, 2.24) is 52.6 Å². The molecule has 17 rings (SSSR count). The highest BCUT2D eigenvalue weighted by atomic mass is 35.5. The molecule has 2 aromatic carbocycles. The first-order valence-corrected chi connectivity index (χ1v) is 50.3. The van der Waals surface area contributed by atoms with Gasteiger partial charge in [0.1, 0.15) is 72.5 Å². The summed E-state index contributed by atoms with van der Waals surface area (Å²) >= 11 is 15.1. The van der Waals surface area contributed by atoms with Crippen LogP contribution in [0.1, 0.15) is 194 Å². The van der Waals surface area contributed by atoms with Gasteiger partial charge in [-0.3, -0.25) is 38.4 Å². The molecule has 6 heterocycles. The van der Waals surface area contributed by atoms with Gasteiger partial charge in [0.05, 0.1) is 83.6 Å². The zero-order valence-corrected chi connectivity index (χ0v) is 78.3. The Morgan fingerprint density at radius 2 is 1.30 bits per heavy atom. The molecule has 40 heteroatoms. The number of rotatable bonds is 27. The Labute approximate surface area is 780 Å². The number of amides is 8. The van der Waals surface area contributed by atoms with Gasteiger partial charge in [0.25, 0.3) is 0 Å². The molecule has 23 N–H and O–H groups in total. The average molecular weight is 1920 g/mol. The van der Waals surface area contributed by atoms with Crippen molar-refractivity contribution in [3.8, 4) is 23.0 Å². The number of hydrogen-bond donors (Lipinski definition) is 21. The summed E-state index contributed by atoms with van der Waals surface area (Å²) in [4.78, 5) is 125. The van der Waals surface area contributed by atoms with E-state index in [0.717, 1.165) is 51.4 Å². The molecule has 32 atom stereocenters. The number of primary amides is 1. The molecular formula is C92H140Cl2N12O25S. The number of nitrogens with one attached hydrogen (secondary N) is 10. The lowest BCUT2D eigenvalue weighted by molar-refractivity contribution is -0.286. The number of ether oxygens (including phenoxy) is 6. The van der Waals surface area contributed by atoms with E-state index in [1.807, 2.05) is 13.8 Å². The van der Waals surface area contributed by atoms with Crippen LogP contribution in [0.5, 0.6) is 23.0 Å². The highest BCUT2D eigenvalue weighted by Crippen LogP contribution is 2.55. The van der Waals surface area contributed by atoms with Crippen molar-refractivity contribution >= 4 is 80.5 Å². The lowest BCUT2D eigenvalue weighted by atomic mass is 9.54. The third-order valence-corrected chi connectivity index (χ3v) is 33.3. The van der Waals surface area contributed by atoms with E-state index in [0.29, 0.717) is 24.2 Å². The quantitative estimate of drug-likeness (QED) is 0.0418. The van der Waals surface area contributed by atoms with Crippen molar-refractivity contribution in [2.75, 3.05) is 39.9 Å². The van der Waals surface area contributed by atoms with Crippen LogP contribution in [-0.2, 0) is 57.9 Å². The maximum Gasteiger partial charge on any atom is 0.247 e. The monoisotopic (exact) mass is 1910 g/mol. The zero-order chi connectivity index (χ0) is 94.8. The smallest absolute Gasteiger partial charge is 0.247 e. The number of nitrogens with two attached hydrogens (primary N) is 2. The number of carbonyl (C=O) groups excluding carboxylic acids is 8. The molecule has 0 spiro atoms. The Kier molecular flexibility index (Phi) is 33.4. The van der Waals surface area contributed by atoms with Gasteiger partial charge in [-0.25, -0.2) is 13.1 Å². The highest BCUT2D eigenvalue weighted by molar-refractivity contribution is 7.89. The normalized spacial score (nSPS) is 40.3. The van der Waals surface area contributed by atoms with Gasteiger partial charge in [-0.15, -0.1) is 23.2 Å². The molecular weight excluding hydrogens is 1780 g/mol. The van der Waals surface area contributed by atoms with Crippen molar-refractivity contribution < 1.29 is 121 Å². The van der Waals surface area contributed by atoms with Crippen molar-refractivity contribution in [3.63, 3.8) is 0 Å². The maximum atomic E-state index is 16.8. The Bertz CT molecular complexity index is 4450. The molecule has 15 aliphatic rings. The topological polar surface area (TPSA) is 580 Å². The molecule has 9 aliphatic carbocycles. The molecule has 6 aliphatic heterocycles. The number of halogens is 2. The molecule has 0 radical (unpaired) electrons. The van der Waals surface area contributed by atoms with Crippen LogP contribution in [0.4, 0.5) is 0 Å². The van der Waals surface area contributed by atoms with E-state index < -0.39 is 262 Å². The summed E-state index contributed by atoms with van der Waals surface area (Å²) in [5.74, 6) is -16.4. The molecule has 738 valence electrons. The Morgan fingerprint density at radius 3 is 1.92 bits per heavy atom. The summed E-state index contributed by atoms with van der Waals surface area (Å²) in [7, 11) is -2.45. The SMILES string of the molecule is CCCCCOc1ccc(S(=O)(=O)NCCCNCC2C(O)CC3C(C4C[C@H](CC[C@H]4O)[C@H]4NC(=O)[C@@H]5NC(=O)[C@H](CC(N)=O)NC(=O)[C@H](NC(=O)[C@@H](CC(C)C)NC)[C@H](O)[C@H]6CC[C@@H](Oc7cc5cc(c7O[C@@H]5C[C@H](CO)[C@@H](O)[C@H](O)[C@H]5O[C@H]5C[C@](C)(N)[C@H](O)[C@H](C)O5)O[C@@H]5CC[C@@H](CC5Cl)[C@@H](O)[C@H](NC4=O)C(=O)N[C@@H]3C(=O)NC3C4CC5CC(C4)CC3C5)[C@H](Cl)C6)[C@H]2O)cc1. The fourth-order valence-corrected chi connectivity index (χ4v) is 25.8. The number of aliphatic hydroxyl groups is 9. The molecule has 6 unspecified atom stereocenters. The highest BCUT2D eigenvalue weighted by Gasteiger charge is 2.59. The molecule has 11 fully saturated rings. The molecule has 9 saturated carbocycles. The predicted molar refractivity (Wildman–Crippen MR) is 479 cm³/mol. The van der Waals surface area contributed by atoms with Gasteiger partial charge in [-0.1, -0.05) is 33.6 Å². The van der Waals surface area contributed by atoms with Crippen LogP contribution in [0.25, 0.3) is 0 Å². The molecule has 37 nitrogen and oxygen atoms in total. The lowest BCUT2D eigenvalue weighted by Crippen LogP contribution is -2.68. The van der Waals surface area contributed by atoms with Gasteiger partial charge in [0, 0.05) is 49.5 Å². The van der Waals surface area contributed by atoms with E-state index in [4.69, 9.17) is 63.1 Å². The summed E-state index contributed by atoms with van der Waals surface area (Å²) in [6, 6.07) is -4.12. The fraction of sp³-hybridized carbons (Fsp3) is 0.783. The summed E-state index contributed by atoms with van der Waals surface area (Å²) in [6.07, 6.45) is -14.6. The number of unbranched alkanes of at least 4 members (excludes halogenated alkanes) is 2. The average Bonchev–Trinajstić information content (AvgIpc) is 0.756. The number of aliphatic hydroxyl groups excluding tert-OH is 9. The number of sulfonamides is 1. The minimum absolute atomic E-state index is 0.00664. The van der Waals surface area contributed by atoms with Gasteiger partial charge in [-0.2, -0.15) is 0 Å². The van der Waals surface area contributed by atoms with E-state index in [9.17, 15) is 64.0 Å². The molecule has 0 aromatic heterocycles. The van der Waals surface area contributed by atoms with Crippen LogP contribution in [0.3, 0.4) is 0 Å². The fourth-order valence-electron chi connectivity index (χ4n) is 23.9. The third-order valence-electron chi connectivity index (χ3n) is 30.9. The second-order valence-corrected chi connectivity index (χ2v) is 43.6. The van der Waals surface area contributed by atoms with Crippen molar-refractivity contribution in [1.29, 1.82) is 0 Å². The number of alkyl halides is 2. The number of fused-ring (bicyclic) bond motifs is 15. The van der Waals surface area contributed by atoms with Crippen LogP contribution >= 0.6 is 23.2 Å². The van der Waals surface area contributed by atoms with E-state index in [1.54, 1.807) is 26.0 Å². The van der Waals surface area contributed by atoms with Crippen molar-refractivity contribution in [3.05, 3.63) is 42.0 Å².